The van der Waals surface area contributed by atoms with Crippen LogP contribution in [0.15, 0.2) is 0 Å². The van der Waals surface area contributed by atoms with E-state index in [2.05, 4.69) is 6.92 Å². The minimum Gasteiger partial charge on any atom is -0.466 e. The highest BCUT2D eigenvalue weighted by Crippen LogP contribution is 2.46. The fraction of sp³-hybridized carbons (Fsp3) is 0.769. The fourth-order valence-corrected chi connectivity index (χ4v) is 2.82. The summed E-state index contributed by atoms with van der Waals surface area (Å²) in [4.78, 5) is 25.5. The number of nitrogens with two attached hydrogens (primary N) is 1. The molecule has 0 aromatic heterocycles. The van der Waals surface area contributed by atoms with Gasteiger partial charge in [-0.3, -0.25) is 9.59 Å². The van der Waals surface area contributed by atoms with Crippen LogP contribution in [0.3, 0.4) is 0 Å². The Morgan fingerprint density at radius 1 is 1.47 bits per heavy atom. The summed E-state index contributed by atoms with van der Waals surface area (Å²) < 4.78 is 4.84. The van der Waals surface area contributed by atoms with Crippen LogP contribution in [-0.2, 0) is 14.3 Å². The van der Waals surface area contributed by atoms with Crippen LogP contribution >= 0.6 is 12.2 Å². The van der Waals surface area contributed by atoms with E-state index >= 15 is 0 Å². The van der Waals surface area contributed by atoms with Crippen molar-refractivity contribution < 1.29 is 14.3 Å². The molecule has 0 spiro atoms. The summed E-state index contributed by atoms with van der Waals surface area (Å²) in [5.41, 5.74) is 5.03. The lowest BCUT2D eigenvalue weighted by Gasteiger charge is -2.46. The Labute approximate surface area is 119 Å². The van der Waals surface area contributed by atoms with Crippen molar-refractivity contribution in [3.05, 3.63) is 0 Å². The lowest BCUT2D eigenvalue weighted by atomic mass is 9.61. The maximum Gasteiger partial charge on any atom is 0.307 e. The molecule has 0 radical (unpaired) electrons. The molecule has 6 heteroatoms. The van der Waals surface area contributed by atoms with Gasteiger partial charge in [-0.2, -0.15) is 0 Å². The predicted octanol–water partition coefficient (Wildman–Crippen LogP) is 1.10. The molecule has 0 heterocycles. The molecule has 1 aliphatic rings. The number of amides is 1. The van der Waals surface area contributed by atoms with Crippen molar-refractivity contribution >= 4 is 29.1 Å². The Balaban J connectivity index is 2.56. The predicted molar refractivity (Wildman–Crippen MR) is 76.5 cm³/mol. The van der Waals surface area contributed by atoms with E-state index in [1.165, 1.54) is 4.90 Å². The maximum atomic E-state index is 12.4. The van der Waals surface area contributed by atoms with Crippen LogP contribution in [0.25, 0.3) is 0 Å². The van der Waals surface area contributed by atoms with Gasteiger partial charge < -0.3 is 15.4 Å². The van der Waals surface area contributed by atoms with E-state index in [9.17, 15) is 9.59 Å². The van der Waals surface area contributed by atoms with Crippen LogP contribution in [0, 0.1) is 11.3 Å². The topological polar surface area (TPSA) is 72.6 Å². The molecule has 19 heavy (non-hydrogen) atoms. The van der Waals surface area contributed by atoms with Crippen molar-refractivity contribution in [1.82, 2.24) is 4.90 Å². The van der Waals surface area contributed by atoms with Gasteiger partial charge in [-0.25, -0.2) is 0 Å². The molecule has 1 aliphatic carbocycles. The van der Waals surface area contributed by atoms with Gasteiger partial charge in [0.2, 0.25) is 5.91 Å². The van der Waals surface area contributed by atoms with E-state index in [1.54, 1.807) is 14.0 Å². The molecular weight excluding hydrogens is 264 g/mol. The second kappa shape index (κ2) is 6.32. The number of hydrogen-bond acceptors (Lipinski definition) is 4. The van der Waals surface area contributed by atoms with Crippen LogP contribution in [0.1, 0.15) is 33.1 Å². The molecular formula is C13H22N2O3S. The third-order valence-corrected chi connectivity index (χ3v) is 3.97. The molecule has 0 unspecified atom stereocenters. The first-order valence-corrected chi connectivity index (χ1v) is 6.95. The molecule has 0 aromatic carbocycles. The molecule has 0 aliphatic heterocycles. The van der Waals surface area contributed by atoms with Crippen LogP contribution in [0.4, 0.5) is 0 Å². The highest BCUT2D eigenvalue weighted by molar-refractivity contribution is 7.80. The minimum absolute atomic E-state index is 0.0811. The SMILES string of the molecule is CCOC(=O)CCN(C)C(=O)C1(C(N)=S)CC(C)C1. The van der Waals surface area contributed by atoms with Gasteiger partial charge in [0.1, 0.15) is 0 Å². The summed E-state index contributed by atoms with van der Waals surface area (Å²) in [6.07, 6.45) is 1.59. The van der Waals surface area contributed by atoms with Gasteiger partial charge in [0.05, 0.1) is 23.4 Å². The molecule has 0 atom stereocenters. The van der Waals surface area contributed by atoms with E-state index in [0.717, 1.165) is 0 Å². The van der Waals surface area contributed by atoms with Crippen molar-refractivity contribution in [2.75, 3.05) is 20.2 Å². The Morgan fingerprint density at radius 2 is 2.05 bits per heavy atom. The normalized spacial score (nSPS) is 25.3. The van der Waals surface area contributed by atoms with Crippen LogP contribution in [0.5, 0.6) is 0 Å². The van der Waals surface area contributed by atoms with E-state index in [0.29, 0.717) is 31.9 Å². The highest BCUT2D eigenvalue weighted by Gasteiger charge is 2.51. The first-order chi connectivity index (χ1) is 8.83. The summed E-state index contributed by atoms with van der Waals surface area (Å²) >= 11 is 5.05. The van der Waals surface area contributed by atoms with Crippen LogP contribution < -0.4 is 5.73 Å². The summed E-state index contributed by atoms with van der Waals surface area (Å²) in [6, 6.07) is 0. The van der Waals surface area contributed by atoms with E-state index in [-0.39, 0.29) is 23.3 Å². The van der Waals surface area contributed by atoms with Gasteiger partial charge in [-0.15, -0.1) is 0 Å². The van der Waals surface area contributed by atoms with E-state index in [1.807, 2.05) is 0 Å². The Hall–Kier alpha value is -1.17. The lowest BCUT2D eigenvalue weighted by Crippen LogP contribution is -2.56. The largest absolute Gasteiger partial charge is 0.466 e. The quantitative estimate of drug-likeness (QED) is 0.585. The maximum absolute atomic E-state index is 12.4. The van der Waals surface area contributed by atoms with Gasteiger partial charge in [0, 0.05) is 13.6 Å². The minimum atomic E-state index is -0.696. The number of hydrogen-bond donors (Lipinski definition) is 1. The number of nitrogens with zero attached hydrogens (tertiary/aromatic N) is 1. The summed E-state index contributed by atoms with van der Waals surface area (Å²) in [7, 11) is 1.67. The van der Waals surface area contributed by atoms with Crippen molar-refractivity contribution in [1.29, 1.82) is 0 Å². The Morgan fingerprint density at radius 3 is 2.47 bits per heavy atom. The summed E-state index contributed by atoms with van der Waals surface area (Å²) in [5.74, 6) is 0.0832. The first-order valence-electron chi connectivity index (χ1n) is 6.54. The number of carbonyl (C=O) groups is 2. The van der Waals surface area contributed by atoms with E-state index in [4.69, 9.17) is 22.7 Å². The zero-order valence-electron chi connectivity index (χ0n) is 11.8. The van der Waals surface area contributed by atoms with Crippen molar-refractivity contribution in [3.8, 4) is 0 Å². The number of carbonyl (C=O) groups excluding carboxylic acids is 2. The Bertz CT molecular complexity index is 378. The van der Waals surface area contributed by atoms with Crippen molar-refractivity contribution in [2.45, 2.75) is 33.1 Å². The Kier molecular flexibility index (Phi) is 5.29. The second-order valence-corrected chi connectivity index (χ2v) is 5.68. The number of esters is 1. The smallest absolute Gasteiger partial charge is 0.307 e. The summed E-state index contributed by atoms with van der Waals surface area (Å²) in [5, 5.41) is 0. The molecule has 0 bridgehead atoms. The molecule has 1 saturated carbocycles. The molecule has 1 amide bonds. The second-order valence-electron chi connectivity index (χ2n) is 5.24. The van der Waals surface area contributed by atoms with Gasteiger partial charge in [-0.05, 0) is 25.7 Å². The fourth-order valence-electron chi connectivity index (χ4n) is 2.57. The van der Waals surface area contributed by atoms with Gasteiger partial charge >= 0.3 is 5.97 Å². The van der Waals surface area contributed by atoms with Crippen LogP contribution in [-0.4, -0.2) is 42.0 Å². The monoisotopic (exact) mass is 286 g/mol. The van der Waals surface area contributed by atoms with E-state index < -0.39 is 5.41 Å². The molecule has 0 saturated heterocycles. The van der Waals surface area contributed by atoms with Gasteiger partial charge in [0.15, 0.2) is 0 Å². The third kappa shape index (κ3) is 3.43. The lowest BCUT2D eigenvalue weighted by molar-refractivity contribution is -0.146. The number of thiocarbonyl (C=S) groups is 1. The van der Waals surface area contributed by atoms with Crippen LogP contribution in [0.2, 0.25) is 0 Å². The average Bonchev–Trinajstić information content (AvgIpc) is 2.30. The average molecular weight is 286 g/mol. The first kappa shape index (κ1) is 15.9. The summed E-state index contributed by atoms with van der Waals surface area (Å²) in [6.45, 7) is 4.51. The third-order valence-electron chi connectivity index (χ3n) is 3.58. The molecule has 5 nitrogen and oxygen atoms in total. The zero-order valence-corrected chi connectivity index (χ0v) is 12.6. The molecule has 0 aromatic rings. The standard InChI is InChI=1S/C13H22N2O3S/c1-4-18-10(16)5-6-15(3)12(17)13(11(14)19)7-9(2)8-13/h9H,4-8H2,1-3H3,(H2,14,19). The van der Waals surface area contributed by atoms with Gasteiger partial charge in [-0.1, -0.05) is 19.1 Å². The van der Waals surface area contributed by atoms with Crippen molar-refractivity contribution in [3.63, 3.8) is 0 Å². The highest BCUT2D eigenvalue weighted by atomic mass is 32.1. The number of rotatable bonds is 6. The number of ether oxygens (including phenoxy) is 1. The molecule has 108 valence electrons. The van der Waals surface area contributed by atoms with Gasteiger partial charge in [0.25, 0.3) is 0 Å². The zero-order chi connectivity index (χ0) is 14.6. The van der Waals surface area contributed by atoms with Crippen molar-refractivity contribution in [2.24, 2.45) is 17.1 Å². The molecule has 1 fully saturated rings. The molecule has 1 rings (SSSR count). The molecule has 2 N–H and O–H groups in total.